The van der Waals surface area contributed by atoms with Gasteiger partial charge in [0.1, 0.15) is 0 Å². The molecule has 2 atom stereocenters. The van der Waals surface area contributed by atoms with Gasteiger partial charge in [0.2, 0.25) is 0 Å². The summed E-state index contributed by atoms with van der Waals surface area (Å²) in [6.07, 6.45) is 8.74. The molecule has 0 aromatic carbocycles. The molecule has 0 aromatic rings. The van der Waals surface area contributed by atoms with Gasteiger partial charge in [-0.3, -0.25) is 0 Å². The fourth-order valence-corrected chi connectivity index (χ4v) is 6.95. The molecular formula is C17H33NO2S. The molecule has 2 saturated carbocycles. The molecule has 0 aliphatic heterocycles. The van der Waals surface area contributed by atoms with E-state index in [1.54, 1.807) is 0 Å². The molecule has 0 aromatic heterocycles. The van der Waals surface area contributed by atoms with Crippen LogP contribution in [-0.2, 0) is 9.84 Å². The number of rotatable bonds is 6. The summed E-state index contributed by atoms with van der Waals surface area (Å²) in [5, 5.41) is 3.39. The molecule has 0 saturated heterocycles. The van der Waals surface area contributed by atoms with Crippen LogP contribution in [0.3, 0.4) is 0 Å². The number of nitrogens with one attached hydrogen (secondary N) is 1. The maximum Gasteiger partial charge on any atom is 0.154 e. The van der Waals surface area contributed by atoms with Crippen LogP contribution in [0.1, 0.15) is 72.1 Å². The minimum absolute atomic E-state index is 0.0842. The lowest BCUT2D eigenvalue weighted by molar-refractivity contribution is 0.170. The lowest BCUT2D eigenvalue weighted by Gasteiger charge is -2.44. The molecule has 21 heavy (non-hydrogen) atoms. The quantitative estimate of drug-likeness (QED) is 0.815. The van der Waals surface area contributed by atoms with E-state index in [0.717, 1.165) is 45.1 Å². The highest BCUT2D eigenvalue weighted by molar-refractivity contribution is 7.92. The molecule has 0 heterocycles. The Morgan fingerprint density at radius 1 is 1.10 bits per heavy atom. The molecule has 0 spiro atoms. The second kappa shape index (κ2) is 6.99. The second-order valence-corrected chi connectivity index (χ2v) is 10.1. The molecule has 2 rings (SSSR count). The third-order valence-corrected chi connectivity index (χ3v) is 7.91. The number of hydrogen-bond donors (Lipinski definition) is 1. The van der Waals surface area contributed by atoms with Gasteiger partial charge in [0.15, 0.2) is 9.84 Å². The molecule has 124 valence electrons. The van der Waals surface area contributed by atoms with E-state index < -0.39 is 9.84 Å². The van der Waals surface area contributed by atoms with Crippen molar-refractivity contribution in [2.24, 2.45) is 11.3 Å². The third kappa shape index (κ3) is 4.22. The zero-order chi connectivity index (χ0) is 15.5. The molecular weight excluding hydrogens is 282 g/mol. The van der Waals surface area contributed by atoms with E-state index in [1.165, 1.54) is 12.8 Å². The largest absolute Gasteiger partial charge is 0.312 e. The zero-order valence-corrected chi connectivity index (χ0v) is 14.8. The van der Waals surface area contributed by atoms with Crippen molar-refractivity contribution in [1.82, 2.24) is 5.32 Å². The average molecular weight is 316 g/mol. The maximum atomic E-state index is 13.0. The van der Waals surface area contributed by atoms with Crippen LogP contribution in [0.4, 0.5) is 0 Å². The summed E-state index contributed by atoms with van der Waals surface area (Å²) < 4.78 is 25.9. The Morgan fingerprint density at radius 2 is 1.76 bits per heavy atom. The van der Waals surface area contributed by atoms with Gasteiger partial charge in [-0.05, 0) is 50.0 Å². The first-order chi connectivity index (χ1) is 9.87. The first-order valence-electron chi connectivity index (χ1n) is 8.82. The summed E-state index contributed by atoms with van der Waals surface area (Å²) in [5.74, 6) is 0.852. The van der Waals surface area contributed by atoms with E-state index in [-0.39, 0.29) is 16.7 Å². The zero-order valence-electron chi connectivity index (χ0n) is 14.0. The SMILES string of the molecule is CCCNC1C(S(=O)(=O)CC2CCCC2)CCCC1(C)C. The van der Waals surface area contributed by atoms with E-state index in [9.17, 15) is 8.42 Å². The minimum atomic E-state index is -2.98. The lowest BCUT2D eigenvalue weighted by atomic mass is 9.73. The molecule has 0 radical (unpaired) electrons. The minimum Gasteiger partial charge on any atom is -0.312 e. The molecule has 2 fully saturated rings. The highest BCUT2D eigenvalue weighted by Gasteiger charge is 2.45. The van der Waals surface area contributed by atoms with Gasteiger partial charge in [0.05, 0.1) is 11.0 Å². The van der Waals surface area contributed by atoms with Crippen molar-refractivity contribution < 1.29 is 8.42 Å². The first kappa shape index (κ1) is 17.3. The molecule has 4 heteroatoms. The van der Waals surface area contributed by atoms with Crippen LogP contribution < -0.4 is 5.32 Å². The number of sulfone groups is 1. The molecule has 2 aliphatic rings. The van der Waals surface area contributed by atoms with Gasteiger partial charge in [-0.15, -0.1) is 0 Å². The first-order valence-corrected chi connectivity index (χ1v) is 10.5. The van der Waals surface area contributed by atoms with Crippen LogP contribution in [0.5, 0.6) is 0 Å². The standard InChI is InChI=1S/C17H33NO2S/c1-4-12-18-16-15(10-7-11-17(16,2)3)21(19,20)13-14-8-5-6-9-14/h14-16,18H,4-13H2,1-3H3. The van der Waals surface area contributed by atoms with E-state index in [2.05, 4.69) is 26.1 Å². The average Bonchev–Trinajstić information content (AvgIpc) is 2.88. The van der Waals surface area contributed by atoms with Crippen molar-refractivity contribution in [2.45, 2.75) is 83.4 Å². The van der Waals surface area contributed by atoms with Crippen molar-refractivity contribution >= 4 is 9.84 Å². The van der Waals surface area contributed by atoms with Crippen molar-refractivity contribution in [3.8, 4) is 0 Å². The Balaban J connectivity index is 2.12. The van der Waals surface area contributed by atoms with Gasteiger partial charge >= 0.3 is 0 Å². The van der Waals surface area contributed by atoms with Gasteiger partial charge in [-0.1, -0.05) is 40.0 Å². The Morgan fingerprint density at radius 3 is 2.38 bits per heavy atom. The summed E-state index contributed by atoms with van der Waals surface area (Å²) >= 11 is 0. The van der Waals surface area contributed by atoms with Crippen LogP contribution >= 0.6 is 0 Å². The van der Waals surface area contributed by atoms with E-state index in [4.69, 9.17) is 0 Å². The van der Waals surface area contributed by atoms with Crippen LogP contribution in [0.2, 0.25) is 0 Å². The van der Waals surface area contributed by atoms with Crippen molar-refractivity contribution in [3.05, 3.63) is 0 Å². The lowest BCUT2D eigenvalue weighted by Crippen LogP contribution is -2.56. The van der Waals surface area contributed by atoms with Crippen molar-refractivity contribution in [2.75, 3.05) is 12.3 Å². The second-order valence-electron chi connectivity index (χ2n) is 7.83. The summed E-state index contributed by atoms with van der Waals surface area (Å²) in [6, 6.07) is 0.123. The van der Waals surface area contributed by atoms with Crippen molar-refractivity contribution in [3.63, 3.8) is 0 Å². The van der Waals surface area contributed by atoms with Gasteiger partial charge in [-0.25, -0.2) is 8.42 Å². The monoisotopic (exact) mass is 315 g/mol. The van der Waals surface area contributed by atoms with Crippen LogP contribution in [0.25, 0.3) is 0 Å². The Bertz CT molecular complexity index is 424. The summed E-state index contributed by atoms with van der Waals surface area (Å²) in [4.78, 5) is 0. The topological polar surface area (TPSA) is 46.2 Å². The third-order valence-electron chi connectivity index (χ3n) is 5.54. The van der Waals surface area contributed by atoms with Crippen LogP contribution in [-0.4, -0.2) is 32.0 Å². The fraction of sp³-hybridized carbons (Fsp3) is 1.00. The van der Waals surface area contributed by atoms with Gasteiger partial charge in [0.25, 0.3) is 0 Å². The predicted molar refractivity (Wildman–Crippen MR) is 89.2 cm³/mol. The highest BCUT2D eigenvalue weighted by Crippen LogP contribution is 2.40. The van der Waals surface area contributed by atoms with E-state index in [0.29, 0.717) is 11.7 Å². The summed E-state index contributed by atoms with van der Waals surface area (Å²) in [5.41, 5.74) is 0.0842. The molecule has 3 nitrogen and oxygen atoms in total. The number of hydrogen-bond acceptors (Lipinski definition) is 3. The van der Waals surface area contributed by atoms with Crippen LogP contribution in [0.15, 0.2) is 0 Å². The summed E-state index contributed by atoms with van der Waals surface area (Å²) in [6.45, 7) is 7.53. The van der Waals surface area contributed by atoms with E-state index in [1.807, 2.05) is 0 Å². The predicted octanol–water partition coefficient (Wildman–Crippen LogP) is 3.54. The van der Waals surface area contributed by atoms with E-state index >= 15 is 0 Å². The summed E-state index contributed by atoms with van der Waals surface area (Å²) in [7, 11) is -2.98. The van der Waals surface area contributed by atoms with Gasteiger partial charge < -0.3 is 5.32 Å². The Hall–Kier alpha value is -0.0900. The fourth-order valence-electron chi connectivity index (χ4n) is 4.31. The van der Waals surface area contributed by atoms with Gasteiger partial charge in [0, 0.05) is 6.04 Å². The molecule has 0 bridgehead atoms. The molecule has 0 amide bonds. The van der Waals surface area contributed by atoms with Crippen LogP contribution in [0, 0.1) is 11.3 Å². The molecule has 2 unspecified atom stereocenters. The molecule has 1 N–H and O–H groups in total. The molecule has 2 aliphatic carbocycles. The van der Waals surface area contributed by atoms with Gasteiger partial charge in [-0.2, -0.15) is 0 Å². The highest BCUT2D eigenvalue weighted by atomic mass is 32.2. The maximum absolute atomic E-state index is 13.0. The van der Waals surface area contributed by atoms with Crippen molar-refractivity contribution in [1.29, 1.82) is 0 Å². The Kier molecular flexibility index (Phi) is 5.75. The Labute approximate surface area is 131 Å². The smallest absolute Gasteiger partial charge is 0.154 e. The normalized spacial score (nSPS) is 30.6.